The van der Waals surface area contributed by atoms with Crippen LogP contribution in [0.4, 0.5) is 10.8 Å². The topological polar surface area (TPSA) is 71.6 Å². The quantitative estimate of drug-likeness (QED) is 0.281. The third-order valence-corrected chi connectivity index (χ3v) is 6.71. The van der Waals surface area contributed by atoms with Crippen LogP contribution in [0, 0.1) is 10.1 Å². The van der Waals surface area contributed by atoms with Gasteiger partial charge in [-0.15, -0.1) is 22.7 Å². The molecule has 2 aromatic carbocycles. The van der Waals surface area contributed by atoms with E-state index in [0.717, 1.165) is 39.0 Å². The van der Waals surface area contributed by atoms with E-state index in [0.29, 0.717) is 0 Å². The highest BCUT2D eigenvalue weighted by Gasteiger charge is 2.32. The maximum Gasteiger partial charge on any atom is 0.269 e. The first-order chi connectivity index (χ1) is 14.7. The molecule has 1 aliphatic heterocycles. The zero-order valence-corrected chi connectivity index (χ0v) is 17.3. The lowest BCUT2D eigenvalue weighted by Crippen LogP contribution is -2.18. The summed E-state index contributed by atoms with van der Waals surface area (Å²) in [6, 6.07) is 20.8. The summed E-state index contributed by atoms with van der Waals surface area (Å²) in [5.74, 6) is 0. The van der Waals surface area contributed by atoms with Gasteiger partial charge in [0, 0.05) is 29.5 Å². The summed E-state index contributed by atoms with van der Waals surface area (Å²) < 4.78 is 0. The molecule has 2 aromatic heterocycles. The Bertz CT molecular complexity index is 1200. The van der Waals surface area contributed by atoms with E-state index in [1.807, 2.05) is 64.3 Å². The number of rotatable bonds is 5. The van der Waals surface area contributed by atoms with Crippen molar-refractivity contribution in [3.8, 4) is 11.3 Å². The van der Waals surface area contributed by atoms with Crippen LogP contribution in [0.5, 0.6) is 0 Å². The molecule has 1 aliphatic rings. The Balaban J connectivity index is 1.52. The molecule has 3 heterocycles. The molecule has 0 unspecified atom stereocenters. The highest BCUT2D eigenvalue weighted by atomic mass is 32.1. The molecule has 0 aliphatic carbocycles. The van der Waals surface area contributed by atoms with Crippen LogP contribution in [0.2, 0.25) is 0 Å². The van der Waals surface area contributed by atoms with Gasteiger partial charge in [-0.25, -0.2) is 9.99 Å². The van der Waals surface area contributed by atoms with Gasteiger partial charge < -0.3 is 0 Å². The van der Waals surface area contributed by atoms with Crippen LogP contribution in [-0.4, -0.2) is 15.6 Å². The van der Waals surface area contributed by atoms with E-state index < -0.39 is 0 Å². The van der Waals surface area contributed by atoms with Gasteiger partial charge in [-0.05, 0) is 17.0 Å². The Kier molecular flexibility index (Phi) is 4.86. The number of hydrogen-bond acceptors (Lipinski definition) is 7. The Morgan fingerprint density at radius 2 is 1.80 bits per heavy atom. The number of aromatic nitrogens is 1. The first-order valence-electron chi connectivity index (χ1n) is 9.35. The lowest BCUT2D eigenvalue weighted by atomic mass is 10.0. The number of thiophene rings is 1. The standard InChI is InChI=1S/C22H16N4O2S2/c27-26(28)17-10-8-16(9-11-17)20-13-18(21-7-4-12-29-21)24-25(20)22-23-19(14-30-22)15-5-2-1-3-6-15/h1-12,14,20H,13H2/t20-/m1/s1. The van der Waals surface area contributed by atoms with Crippen molar-refractivity contribution in [3.05, 3.63) is 98.0 Å². The molecule has 0 bridgehead atoms. The van der Waals surface area contributed by atoms with E-state index in [1.165, 1.54) is 0 Å². The summed E-state index contributed by atoms with van der Waals surface area (Å²) in [5, 5.41) is 22.8. The highest BCUT2D eigenvalue weighted by molar-refractivity contribution is 7.14. The number of hydrogen-bond donors (Lipinski definition) is 0. The summed E-state index contributed by atoms with van der Waals surface area (Å²) >= 11 is 3.21. The minimum atomic E-state index is -0.378. The van der Waals surface area contributed by atoms with Gasteiger partial charge in [0.25, 0.3) is 5.69 Å². The van der Waals surface area contributed by atoms with Crippen molar-refractivity contribution in [2.24, 2.45) is 5.10 Å². The number of non-ortho nitro benzene ring substituents is 1. The number of nitrogens with zero attached hydrogens (tertiary/aromatic N) is 4. The minimum Gasteiger partial charge on any atom is -0.258 e. The first kappa shape index (κ1) is 18.7. The van der Waals surface area contributed by atoms with Crippen LogP contribution in [0.15, 0.2) is 82.6 Å². The van der Waals surface area contributed by atoms with E-state index in [1.54, 1.807) is 34.8 Å². The van der Waals surface area contributed by atoms with Gasteiger partial charge in [0.15, 0.2) is 0 Å². The number of nitro benzene ring substituents is 1. The average Bonchev–Trinajstić information content (AvgIpc) is 3.54. The van der Waals surface area contributed by atoms with E-state index >= 15 is 0 Å². The minimum absolute atomic E-state index is 0.0577. The number of anilines is 1. The van der Waals surface area contributed by atoms with Crippen molar-refractivity contribution in [2.45, 2.75) is 12.5 Å². The lowest BCUT2D eigenvalue weighted by molar-refractivity contribution is -0.384. The molecule has 6 nitrogen and oxygen atoms in total. The van der Waals surface area contributed by atoms with Crippen molar-refractivity contribution < 1.29 is 4.92 Å². The Morgan fingerprint density at radius 3 is 2.50 bits per heavy atom. The first-order valence-corrected chi connectivity index (χ1v) is 11.1. The summed E-state index contributed by atoms with van der Waals surface area (Å²) in [6.07, 6.45) is 0.721. The Labute approximate surface area is 180 Å². The molecule has 148 valence electrons. The van der Waals surface area contributed by atoms with Gasteiger partial charge >= 0.3 is 0 Å². The zero-order valence-electron chi connectivity index (χ0n) is 15.7. The van der Waals surface area contributed by atoms with Gasteiger partial charge in [-0.1, -0.05) is 48.5 Å². The van der Waals surface area contributed by atoms with Crippen LogP contribution < -0.4 is 5.01 Å². The average molecular weight is 433 g/mol. The summed E-state index contributed by atoms with van der Waals surface area (Å²) in [4.78, 5) is 16.6. The third kappa shape index (κ3) is 3.51. The van der Waals surface area contributed by atoms with Gasteiger partial charge in [0.1, 0.15) is 0 Å². The fraction of sp³-hybridized carbons (Fsp3) is 0.0909. The van der Waals surface area contributed by atoms with Crippen molar-refractivity contribution in [3.63, 3.8) is 0 Å². The van der Waals surface area contributed by atoms with Gasteiger partial charge in [-0.2, -0.15) is 5.10 Å². The van der Waals surface area contributed by atoms with E-state index in [4.69, 9.17) is 10.1 Å². The Hall–Kier alpha value is -3.36. The van der Waals surface area contributed by atoms with E-state index in [9.17, 15) is 10.1 Å². The largest absolute Gasteiger partial charge is 0.269 e. The maximum absolute atomic E-state index is 11.0. The third-order valence-electron chi connectivity index (χ3n) is 4.96. The number of thiazole rings is 1. The number of nitro groups is 1. The second kappa shape index (κ2) is 7.81. The molecule has 0 fully saturated rings. The normalized spacial score (nSPS) is 15.9. The van der Waals surface area contributed by atoms with Crippen molar-refractivity contribution >= 4 is 39.2 Å². The summed E-state index contributed by atoms with van der Waals surface area (Å²) in [6.45, 7) is 0. The summed E-state index contributed by atoms with van der Waals surface area (Å²) in [7, 11) is 0. The molecular formula is C22H16N4O2S2. The fourth-order valence-electron chi connectivity index (χ4n) is 3.47. The molecule has 0 spiro atoms. The van der Waals surface area contributed by atoms with Crippen LogP contribution in [-0.2, 0) is 0 Å². The SMILES string of the molecule is O=[N+]([O-])c1ccc([C@H]2CC(c3cccs3)=NN2c2nc(-c3ccccc3)cs2)cc1. The van der Waals surface area contributed by atoms with Crippen LogP contribution in [0.3, 0.4) is 0 Å². The number of hydrazone groups is 1. The smallest absolute Gasteiger partial charge is 0.258 e. The van der Waals surface area contributed by atoms with Gasteiger partial charge in [-0.3, -0.25) is 10.1 Å². The molecular weight excluding hydrogens is 416 g/mol. The van der Waals surface area contributed by atoms with E-state index in [-0.39, 0.29) is 16.7 Å². The fourth-order valence-corrected chi connectivity index (χ4v) is 5.02. The van der Waals surface area contributed by atoms with Gasteiger partial charge in [0.2, 0.25) is 5.13 Å². The van der Waals surface area contributed by atoms with Crippen LogP contribution in [0.25, 0.3) is 11.3 Å². The molecule has 0 amide bonds. The number of benzene rings is 2. The molecule has 30 heavy (non-hydrogen) atoms. The molecule has 8 heteroatoms. The second-order valence-corrected chi connectivity index (χ2v) is 8.60. The summed E-state index contributed by atoms with van der Waals surface area (Å²) in [5.41, 5.74) is 4.05. The molecule has 0 saturated heterocycles. The molecule has 0 saturated carbocycles. The predicted molar refractivity (Wildman–Crippen MR) is 121 cm³/mol. The van der Waals surface area contributed by atoms with Crippen molar-refractivity contribution in [2.75, 3.05) is 5.01 Å². The monoisotopic (exact) mass is 432 g/mol. The maximum atomic E-state index is 11.0. The predicted octanol–water partition coefficient (Wildman–Crippen LogP) is 6.14. The Morgan fingerprint density at radius 1 is 1.00 bits per heavy atom. The van der Waals surface area contributed by atoms with Crippen LogP contribution >= 0.6 is 22.7 Å². The lowest BCUT2D eigenvalue weighted by Gasteiger charge is -2.21. The van der Waals surface area contributed by atoms with Crippen molar-refractivity contribution in [1.29, 1.82) is 0 Å². The zero-order chi connectivity index (χ0) is 20.5. The molecule has 0 N–H and O–H groups in total. The molecule has 4 aromatic rings. The second-order valence-electron chi connectivity index (χ2n) is 6.82. The molecule has 5 rings (SSSR count). The molecule has 1 atom stereocenters. The van der Waals surface area contributed by atoms with E-state index in [2.05, 4.69) is 6.07 Å². The van der Waals surface area contributed by atoms with Gasteiger partial charge in [0.05, 0.1) is 27.2 Å². The van der Waals surface area contributed by atoms with Crippen LogP contribution in [0.1, 0.15) is 22.9 Å². The highest BCUT2D eigenvalue weighted by Crippen LogP contribution is 2.40. The molecule has 0 radical (unpaired) electrons. The van der Waals surface area contributed by atoms with Crippen molar-refractivity contribution in [1.82, 2.24) is 4.98 Å².